The third kappa shape index (κ3) is 2.79. The molecule has 1 unspecified atom stereocenters. The number of benzene rings is 2. The largest absolute Gasteiger partial charge is 0.381 e. The Morgan fingerprint density at radius 1 is 1.00 bits per heavy atom. The van der Waals surface area contributed by atoms with Crippen molar-refractivity contribution >= 4 is 22.7 Å². The molecule has 5 rings (SSSR count). The number of pyridine rings is 1. The van der Waals surface area contributed by atoms with Crippen LogP contribution in [0.5, 0.6) is 0 Å². The second kappa shape index (κ2) is 6.40. The summed E-state index contributed by atoms with van der Waals surface area (Å²) in [5.74, 6) is 0.381. The summed E-state index contributed by atoms with van der Waals surface area (Å²) in [7, 11) is 0. The third-order valence-electron chi connectivity index (χ3n) is 5.37. The van der Waals surface area contributed by atoms with Crippen molar-refractivity contribution in [3.8, 4) is 11.3 Å². The van der Waals surface area contributed by atoms with Gasteiger partial charge in [0.05, 0.1) is 5.52 Å². The lowest BCUT2D eigenvalue weighted by atomic mass is 9.89. The Balaban J connectivity index is 1.59. The topological polar surface area (TPSA) is 53.6 Å². The number of hydrogen-bond donors (Lipinski definition) is 2. The van der Waals surface area contributed by atoms with E-state index in [1.807, 2.05) is 12.1 Å². The van der Waals surface area contributed by atoms with Crippen LogP contribution >= 0.6 is 0 Å². The number of nitrogens with zero attached hydrogens (tertiary/aromatic N) is 2. The highest BCUT2D eigenvalue weighted by Gasteiger charge is 2.18. The number of aromatic nitrogens is 3. The molecule has 3 heterocycles. The van der Waals surface area contributed by atoms with Gasteiger partial charge >= 0.3 is 0 Å². The van der Waals surface area contributed by atoms with Gasteiger partial charge in [0.2, 0.25) is 0 Å². The predicted molar refractivity (Wildman–Crippen MR) is 111 cm³/mol. The number of fused-ring (bicyclic) bond motifs is 2. The highest BCUT2D eigenvalue weighted by Crippen LogP contribution is 2.36. The highest BCUT2D eigenvalue weighted by molar-refractivity contribution is 5.97. The molecule has 0 amide bonds. The smallest absolute Gasteiger partial charge is 0.100 e. The molecule has 0 radical (unpaired) electrons. The maximum atomic E-state index is 4.54. The molecule has 0 saturated carbocycles. The Hall–Kier alpha value is -3.40. The second-order valence-electron chi connectivity index (χ2n) is 7.00. The van der Waals surface area contributed by atoms with Gasteiger partial charge in [-0.3, -0.25) is 10.1 Å². The Morgan fingerprint density at radius 2 is 1.81 bits per heavy atom. The van der Waals surface area contributed by atoms with Crippen LogP contribution in [0.1, 0.15) is 24.0 Å². The SMILES string of the molecule is CC(C1=Cc2cc3c(-c4ccncc4)n[nH]c3cc2NC1)c1ccccc1. The van der Waals surface area contributed by atoms with Gasteiger partial charge in [-0.2, -0.15) is 5.10 Å². The average molecular weight is 352 g/mol. The zero-order chi connectivity index (χ0) is 18.2. The van der Waals surface area contributed by atoms with E-state index >= 15 is 0 Å². The van der Waals surface area contributed by atoms with Crippen LogP contribution < -0.4 is 5.32 Å². The van der Waals surface area contributed by atoms with E-state index in [2.05, 4.69) is 76.0 Å². The maximum absolute atomic E-state index is 4.54. The fourth-order valence-corrected chi connectivity index (χ4v) is 3.77. The van der Waals surface area contributed by atoms with Crippen LogP contribution in [0.4, 0.5) is 5.69 Å². The van der Waals surface area contributed by atoms with Crippen molar-refractivity contribution in [1.29, 1.82) is 0 Å². The lowest BCUT2D eigenvalue weighted by Gasteiger charge is -2.23. The number of nitrogens with one attached hydrogen (secondary N) is 2. The monoisotopic (exact) mass is 352 g/mol. The van der Waals surface area contributed by atoms with Gasteiger partial charge in [0.1, 0.15) is 5.69 Å². The van der Waals surface area contributed by atoms with E-state index in [1.54, 1.807) is 12.4 Å². The number of H-pyrrole nitrogens is 1. The van der Waals surface area contributed by atoms with Gasteiger partial charge in [-0.15, -0.1) is 0 Å². The summed E-state index contributed by atoms with van der Waals surface area (Å²) >= 11 is 0. The van der Waals surface area contributed by atoms with E-state index in [0.29, 0.717) is 5.92 Å². The predicted octanol–water partition coefficient (Wildman–Crippen LogP) is 5.24. The van der Waals surface area contributed by atoms with Gasteiger partial charge < -0.3 is 5.32 Å². The molecule has 1 aliphatic rings. The standard InChI is InChI=1S/C23H20N4/c1-15(16-5-3-2-4-6-16)19-11-18-12-20-22(13-21(18)25-14-19)26-27-23(20)17-7-9-24-10-8-17/h2-13,15,25H,14H2,1H3,(H,26,27). The zero-order valence-corrected chi connectivity index (χ0v) is 15.1. The fourth-order valence-electron chi connectivity index (χ4n) is 3.77. The first-order valence-corrected chi connectivity index (χ1v) is 9.21. The maximum Gasteiger partial charge on any atom is 0.100 e. The Kier molecular flexibility index (Phi) is 3.75. The van der Waals surface area contributed by atoms with Gasteiger partial charge in [-0.05, 0) is 41.0 Å². The van der Waals surface area contributed by atoms with Crippen molar-refractivity contribution in [3.63, 3.8) is 0 Å². The molecule has 132 valence electrons. The van der Waals surface area contributed by atoms with Gasteiger partial charge in [0.25, 0.3) is 0 Å². The number of hydrogen-bond acceptors (Lipinski definition) is 3. The van der Waals surface area contributed by atoms with Crippen LogP contribution in [-0.2, 0) is 0 Å². The summed E-state index contributed by atoms with van der Waals surface area (Å²) in [6.07, 6.45) is 5.93. The Bertz CT molecular complexity index is 1130. The number of rotatable bonds is 3. The van der Waals surface area contributed by atoms with Crippen LogP contribution in [0.2, 0.25) is 0 Å². The molecule has 2 aromatic carbocycles. The first-order valence-electron chi connectivity index (χ1n) is 9.21. The first kappa shape index (κ1) is 15.8. The molecule has 0 saturated heterocycles. The molecule has 1 aliphatic heterocycles. The molecule has 0 bridgehead atoms. The lowest BCUT2D eigenvalue weighted by Crippen LogP contribution is -2.14. The third-order valence-corrected chi connectivity index (χ3v) is 5.37. The molecule has 4 aromatic rings. The van der Waals surface area contributed by atoms with Crippen molar-refractivity contribution < 1.29 is 0 Å². The summed E-state index contributed by atoms with van der Waals surface area (Å²) in [6, 6.07) is 19.0. The van der Waals surface area contributed by atoms with Gasteiger partial charge in [0.15, 0.2) is 0 Å². The fraction of sp³-hybridized carbons (Fsp3) is 0.130. The molecule has 2 N–H and O–H groups in total. The van der Waals surface area contributed by atoms with E-state index in [4.69, 9.17) is 0 Å². The van der Waals surface area contributed by atoms with E-state index in [0.717, 1.165) is 34.4 Å². The van der Waals surface area contributed by atoms with E-state index in [9.17, 15) is 0 Å². The molecule has 0 aliphatic carbocycles. The van der Waals surface area contributed by atoms with Crippen molar-refractivity contribution in [2.75, 3.05) is 11.9 Å². The Morgan fingerprint density at radius 3 is 2.63 bits per heavy atom. The minimum absolute atomic E-state index is 0.381. The average Bonchev–Trinajstić information content (AvgIpc) is 3.15. The van der Waals surface area contributed by atoms with Gasteiger partial charge in [0, 0.05) is 41.5 Å². The van der Waals surface area contributed by atoms with Gasteiger partial charge in [-0.25, -0.2) is 0 Å². The van der Waals surface area contributed by atoms with Crippen LogP contribution in [0.15, 0.2) is 72.6 Å². The van der Waals surface area contributed by atoms with Crippen LogP contribution in [0.3, 0.4) is 0 Å². The molecule has 2 aromatic heterocycles. The molecular weight excluding hydrogens is 332 g/mol. The summed E-state index contributed by atoms with van der Waals surface area (Å²) < 4.78 is 0. The Labute approximate surface area is 158 Å². The minimum atomic E-state index is 0.381. The molecule has 4 nitrogen and oxygen atoms in total. The van der Waals surface area contributed by atoms with Crippen molar-refractivity contribution in [2.45, 2.75) is 12.8 Å². The lowest BCUT2D eigenvalue weighted by molar-refractivity contribution is 0.875. The summed E-state index contributed by atoms with van der Waals surface area (Å²) in [6.45, 7) is 3.13. The highest BCUT2D eigenvalue weighted by atomic mass is 15.1. The normalized spacial score (nSPS) is 14.3. The zero-order valence-electron chi connectivity index (χ0n) is 15.1. The molecule has 4 heteroatoms. The van der Waals surface area contributed by atoms with Crippen molar-refractivity contribution in [2.24, 2.45) is 0 Å². The second-order valence-corrected chi connectivity index (χ2v) is 7.00. The van der Waals surface area contributed by atoms with Crippen LogP contribution in [0, 0.1) is 0 Å². The van der Waals surface area contributed by atoms with E-state index < -0.39 is 0 Å². The molecule has 27 heavy (non-hydrogen) atoms. The first-order chi connectivity index (χ1) is 13.3. The number of aromatic amines is 1. The van der Waals surface area contributed by atoms with Crippen LogP contribution in [-0.4, -0.2) is 21.7 Å². The minimum Gasteiger partial charge on any atom is -0.381 e. The summed E-state index contributed by atoms with van der Waals surface area (Å²) in [4.78, 5) is 4.11. The molecule has 0 fully saturated rings. The molecular formula is C23H20N4. The van der Waals surface area contributed by atoms with Crippen molar-refractivity contribution in [1.82, 2.24) is 15.2 Å². The van der Waals surface area contributed by atoms with Crippen molar-refractivity contribution in [3.05, 3.63) is 83.7 Å². The quantitative estimate of drug-likeness (QED) is 0.530. The summed E-state index contributed by atoms with van der Waals surface area (Å²) in [5.41, 5.74) is 8.17. The molecule has 0 spiro atoms. The number of anilines is 1. The van der Waals surface area contributed by atoms with Crippen LogP contribution in [0.25, 0.3) is 28.2 Å². The van der Waals surface area contributed by atoms with E-state index in [1.165, 1.54) is 16.7 Å². The van der Waals surface area contributed by atoms with E-state index in [-0.39, 0.29) is 0 Å². The van der Waals surface area contributed by atoms with Gasteiger partial charge in [-0.1, -0.05) is 43.3 Å². The molecule has 1 atom stereocenters. The summed E-state index contributed by atoms with van der Waals surface area (Å²) in [5, 5.41) is 12.4.